The summed E-state index contributed by atoms with van der Waals surface area (Å²) in [5.74, 6) is 2.04. The second-order valence-corrected chi connectivity index (χ2v) is 8.41. The van der Waals surface area contributed by atoms with E-state index in [1.165, 1.54) is 0 Å². The van der Waals surface area contributed by atoms with E-state index in [1.54, 1.807) is 38.4 Å². The summed E-state index contributed by atoms with van der Waals surface area (Å²) in [6, 6.07) is 12.9. The number of nitrogens with one attached hydrogen (secondary N) is 1. The van der Waals surface area contributed by atoms with Crippen LogP contribution in [0.25, 0.3) is 11.3 Å². The van der Waals surface area contributed by atoms with E-state index in [9.17, 15) is 4.79 Å². The Bertz CT molecular complexity index is 1130. The van der Waals surface area contributed by atoms with Gasteiger partial charge in [0.05, 0.1) is 34.0 Å². The molecule has 0 aliphatic carbocycles. The number of carbonyl (C=O) groups excluding carboxylic acids is 1. The van der Waals surface area contributed by atoms with Crippen LogP contribution < -0.4 is 19.5 Å². The second kappa shape index (κ2) is 11.1. The first-order valence-electron chi connectivity index (χ1n) is 11.5. The Morgan fingerprint density at radius 3 is 2.51 bits per heavy atom. The first-order chi connectivity index (χ1) is 17.0. The Kier molecular flexibility index (Phi) is 7.77. The highest BCUT2D eigenvalue weighted by atomic mass is 16.5. The van der Waals surface area contributed by atoms with Gasteiger partial charge in [0.1, 0.15) is 5.69 Å². The van der Waals surface area contributed by atoms with Crippen LogP contribution in [0.1, 0.15) is 24.1 Å². The lowest BCUT2D eigenvalue weighted by molar-refractivity contribution is 0.0814. The van der Waals surface area contributed by atoms with Crippen LogP contribution in [-0.4, -0.2) is 56.7 Å². The average Bonchev–Trinajstić information content (AvgIpc) is 3.55. The fourth-order valence-electron chi connectivity index (χ4n) is 4.12. The van der Waals surface area contributed by atoms with Gasteiger partial charge in [-0.3, -0.25) is 0 Å². The van der Waals surface area contributed by atoms with E-state index in [1.807, 2.05) is 37.3 Å². The number of carbonyl (C=O) groups is 1. The number of rotatable bonds is 9. The molecule has 2 heterocycles. The smallest absolute Gasteiger partial charge is 0.322 e. The minimum atomic E-state index is -0.219. The molecule has 0 bridgehead atoms. The topological polar surface area (TPSA) is 95.3 Å². The molecule has 35 heavy (non-hydrogen) atoms. The van der Waals surface area contributed by atoms with Crippen molar-refractivity contribution in [2.24, 2.45) is 0 Å². The first-order valence-corrected chi connectivity index (χ1v) is 11.5. The predicted molar refractivity (Wildman–Crippen MR) is 131 cm³/mol. The van der Waals surface area contributed by atoms with E-state index in [2.05, 4.69) is 10.5 Å². The molecule has 2 amide bonds. The van der Waals surface area contributed by atoms with Crippen LogP contribution in [-0.2, 0) is 11.3 Å². The van der Waals surface area contributed by atoms with Crippen molar-refractivity contribution in [3.05, 3.63) is 53.7 Å². The lowest BCUT2D eigenvalue weighted by Gasteiger charge is -2.25. The third kappa shape index (κ3) is 5.86. The summed E-state index contributed by atoms with van der Waals surface area (Å²) in [6.45, 7) is 3.43. The van der Waals surface area contributed by atoms with Gasteiger partial charge in [-0.1, -0.05) is 17.3 Å². The average molecular weight is 482 g/mol. The number of amides is 2. The van der Waals surface area contributed by atoms with Crippen molar-refractivity contribution >= 4 is 11.7 Å². The number of urea groups is 1. The largest absolute Gasteiger partial charge is 0.493 e. The normalized spacial score (nSPS) is 15.0. The van der Waals surface area contributed by atoms with E-state index < -0.39 is 0 Å². The Labute approximate surface area is 204 Å². The molecule has 0 spiro atoms. The van der Waals surface area contributed by atoms with Crippen molar-refractivity contribution in [3.63, 3.8) is 0 Å². The van der Waals surface area contributed by atoms with Crippen molar-refractivity contribution in [2.75, 3.05) is 39.8 Å². The monoisotopic (exact) mass is 481 g/mol. The van der Waals surface area contributed by atoms with E-state index in [0.717, 1.165) is 24.1 Å². The molecule has 1 saturated heterocycles. The number of benzene rings is 2. The maximum Gasteiger partial charge on any atom is 0.322 e. The molecule has 3 aromatic rings. The van der Waals surface area contributed by atoms with Gasteiger partial charge in [0.2, 0.25) is 5.75 Å². The molecule has 1 aliphatic heterocycles. The Balaban J connectivity index is 1.55. The highest BCUT2D eigenvalue weighted by molar-refractivity contribution is 5.89. The third-order valence-electron chi connectivity index (χ3n) is 5.87. The van der Waals surface area contributed by atoms with Crippen molar-refractivity contribution in [1.29, 1.82) is 0 Å². The highest BCUT2D eigenvalue weighted by Gasteiger charge is 2.24. The number of hydrogen-bond acceptors (Lipinski definition) is 7. The van der Waals surface area contributed by atoms with Gasteiger partial charge in [-0.05, 0) is 49.6 Å². The van der Waals surface area contributed by atoms with Crippen molar-refractivity contribution in [2.45, 2.75) is 32.4 Å². The van der Waals surface area contributed by atoms with Gasteiger partial charge in [-0.25, -0.2) is 4.79 Å². The molecule has 186 valence electrons. The van der Waals surface area contributed by atoms with Crippen LogP contribution in [0, 0.1) is 6.92 Å². The zero-order chi connectivity index (χ0) is 24.8. The van der Waals surface area contributed by atoms with Gasteiger partial charge < -0.3 is 33.7 Å². The zero-order valence-corrected chi connectivity index (χ0v) is 20.5. The van der Waals surface area contributed by atoms with Crippen molar-refractivity contribution in [1.82, 2.24) is 10.1 Å². The lowest BCUT2D eigenvalue weighted by Crippen LogP contribution is -2.39. The SMILES string of the molecule is COc1cc(-c2cc(CN(C[C@@H]3CCCO3)C(=O)Nc3cccc(C)c3)no2)cc(OC)c1OC. The van der Waals surface area contributed by atoms with Crippen LogP contribution in [0.2, 0.25) is 0 Å². The summed E-state index contributed by atoms with van der Waals surface area (Å²) in [7, 11) is 4.67. The number of ether oxygens (including phenoxy) is 4. The van der Waals surface area contributed by atoms with Crippen LogP contribution in [0.5, 0.6) is 17.2 Å². The van der Waals surface area contributed by atoms with Gasteiger partial charge in [0, 0.05) is 30.5 Å². The summed E-state index contributed by atoms with van der Waals surface area (Å²) in [5.41, 5.74) is 3.14. The van der Waals surface area contributed by atoms with Crippen molar-refractivity contribution in [3.8, 4) is 28.6 Å². The van der Waals surface area contributed by atoms with Crippen LogP contribution >= 0.6 is 0 Å². The molecular formula is C26H31N3O6. The van der Waals surface area contributed by atoms with Gasteiger partial charge in [0.25, 0.3) is 0 Å². The Morgan fingerprint density at radius 2 is 1.89 bits per heavy atom. The molecule has 4 rings (SSSR count). The summed E-state index contributed by atoms with van der Waals surface area (Å²) in [5, 5.41) is 7.20. The van der Waals surface area contributed by atoms with E-state index in [-0.39, 0.29) is 18.7 Å². The molecule has 0 radical (unpaired) electrons. The number of aryl methyl sites for hydroxylation is 1. The number of nitrogens with zero attached hydrogens (tertiary/aromatic N) is 2. The quantitative estimate of drug-likeness (QED) is 0.465. The molecule has 9 nitrogen and oxygen atoms in total. The first kappa shape index (κ1) is 24.4. The van der Waals surface area contributed by atoms with Crippen LogP contribution in [0.15, 0.2) is 47.0 Å². The number of hydrogen-bond donors (Lipinski definition) is 1. The van der Waals surface area contributed by atoms with Crippen LogP contribution in [0.3, 0.4) is 0 Å². The summed E-state index contributed by atoms with van der Waals surface area (Å²) in [4.78, 5) is 14.9. The standard InChI is InChI=1S/C26H31N3O6/c1-17-7-5-8-19(11-17)27-26(30)29(16-21-9-6-10-34-21)15-20-14-22(35-28-20)18-12-23(31-2)25(33-4)24(13-18)32-3/h5,7-8,11-14,21H,6,9-10,15-16H2,1-4H3,(H,27,30)/t21-/m0/s1. The highest BCUT2D eigenvalue weighted by Crippen LogP contribution is 2.41. The van der Waals surface area contributed by atoms with E-state index in [4.69, 9.17) is 23.5 Å². The summed E-state index contributed by atoms with van der Waals surface area (Å²) < 4.78 is 27.7. The molecular weight excluding hydrogens is 450 g/mol. The van der Waals surface area contributed by atoms with Gasteiger partial charge in [0.15, 0.2) is 17.3 Å². The molecule has 1 fully saturated rings. The zero-order valence-electron chi connectivity index (χ0n) is 20.5. The molecule has 9 heteroatoms. The fraction of sp³-hybridized carbons (Fsp3) is 0.385. The molecule has 0 unspecified atom stereocenters. The van der Waals surface area contributed by atoms with Gasteiger partial charge in [-0.2, -0.15) is 0 Å². The summed E-state index contributed by atoms with van der Waals surface area (Å²) >= 11 is 0. The molecule has 1 aromatic heterocycles. The maximum absolute atomic E-state index is 13.2. The molecule has 1 N–H and O–H groups in total. The minimum absolute atomic E-state index is 0.000239. The Hall–Kier alpha value is -3.72. The molecule has 1 aliphatic rings. The van der Waals surface area contributed by atoms with Crippen LogP contribution in [0.4, 0.5) is 10.5 Å². The number of methoxy groups -OCH3 is 3. The van der Waals surface area contributed by atoms with E-state index in [0.29, 0.717) is 47.4 Å². The molecule has 1 atom stereocenters. The third-order valence-corrected chi connectivity index (χ3v) is 5.87. The minimum Gasteiger partial charge on any atom is -0.493 e. The summed E-state index contributed by atoms with van der Waals surface area (Å²) in [6.07, 6.45) is 1.91. The number of anilines is 1. The lowest BCUT2D eigenvalue weighted by atomic mass is 10.1. The van der Waals surface area contributed by atoms with Gasteiger partial charge >= 0.3 is 6.03 Å². The van der Waals surface area contributed by atoms with E-state index >= 15 is 0 Å². The predicted octanol–water partition coefficient (Wildman–Crippen LogP) is 4.89. The molecule has 0 saturated carbocycles. The van der Waals surface area contributed by atoms with Gasteiger partial charge in [-0.15, -0.1) is 0 Å². The second-order valence-electron chi connectivity index (χ2n) is 8.41. The maximum atomic E-state index is 13.2. The van der Waals surface area contributed by atoms with Crippen molar-refractivity contribution < 1.29 is 28.3 Å². The Morgan fingerprint density at radius 1 is 1.11 bits per heavy atom. The fourth-order valence-corrected chi connectivity index (χ4v) is 4.12. The number of aromatic nitrogens is 1. The molecule has 2 aromatic carbocycles.